The predicted octanol–water partition coefficient (Wildman–Crippen LogP) is 2.30. The van der Waals surface area contributed by atoms with Gasteiger partial charge in [0, 0.05) is 6.42 Å². The summed E-state index contributed by atoms with van der Waals surface area (Å²) in [6.45, 7) is 4.02. The molecule has 2 N–H and O–H groups in total. The number of nitrogens with zero attached hydrogens (tertiary/aromatic N) is 3. The van der Waals surface area contributed by atoms with Crippen molar-refractivity contribution in [1.82, 2.24) is 15.2 Å². The molecule has 2 fully saturated rings. The molecule has 3 unspecified atom stereocenters. The van der Waals surface area contributed by atoms with Gasteiger partial charge in [0.25, 0.3) is 5.91 Å². The normalized spacial score (nSPS) is 24.2. The van der Waals surface area contributed by atoms with E-state index >= 15 is 0 Å². The van der Waals surface area contributed by atoms with Gasteiger partial charge in [-0.05, 0) is 38.3 Å². The highest BCUT2D eigenvalue weighted by molar-refractivity contribution is 6.03. The summed E-state index contributed by atoms with van der Waals surface area (Å²) in [7, 11) is 0. The Morgan fingerprint density at radius 1 is 1.19 bits per heavy atom. The van der Waals surface area contributed by atoms with Gasteiger partial charge in [0.1, 0.15) is 12.4 Å². The lowest BCUT2D eigenvalue weighted by Crippen LogP contribution is -2.69. The molecule has 32 heavy (non-hydrogen) atoms. The first-order chi connectivity index (χ1) is 15.5. The Labute approximate surface area is 188 Å². The SMILES string of the molecule is CCCC1=NNC2C(=O)N(CC(=O)Nc3ccccc3C(=O)OCC)C3CCCCC3N12. The summed E-state index contributed by atoms with van der Waals surface area (Å²) in [6.07, 6.45) is 5.21. The molecule has 0 radical (unpaired) electrons. The zero-order chi connectivity index (χ0) is 22.7. The molecule has 9 nitrogen and oxygen atoms in total. The first-order valence-electron chi connectivity index (χ1n) is 11.5. The molecule has 1 aromatic rings. The number of nitrogens with one attached hydrogen (secondary N) is 2. The van der Waals surface area contributed by atoms with Crippen molar-refractivity contribution >= 4 is 29.3 Å². The van der Waals surface area contributed by atoms with Gasteiger partial charge >= 0.3 is 5.97 Å². The zero-order valence-corrected chi connectivity index (χ0v) is 18.7. The van der Waals surface area contributed by atoms with Crippen LogP contribution in [0, 0.1) is 0 Å². The first kappa shape index (κ1) is 22.1. The second kappa shape index (κ2) is 9.58. The average Bonchev–Trinajstić information content (AvgIpc) is 3.21. The van der Waals surface area contributed by atoms with E-state index in [1.807, 2.05) is 0 Å². The predicted molar refractivity (Wildman–Crippen MR) is 120 cm³/mol. The van der Waals surface area contributed by atoms with E-state index in [0.29, 0.717) is 11.3 Å². The summed E-state index contributed by atoms with van der Waals surface area (Å²) in [4.78, 5) is 42.4. The topological polar surface area (TPSA) is 103 Å². The number of para-hydroxylation sites is 1. The second-order valence-electron chi connectivity index (χ2n) is 8.42. The van der Waals surface area contributed by atoms with E-state index in [1.165, 1.54) is 0 Å². The number of hydrazone groups is 1. The van der Waals surface area contributed by atoms with Crippen LogP contribution in [0.4, 0.5) is 5.69 Å². The summed E-state index contributed by atoms with van der Waals surface area (Å²) in [5.74, 6) is -0.0104. The van der Waals surface area contributed by atoms with E-state index in [4.69, 9.17) is 4.74 Å². The number of esters is 1. The van der Waals surface area contributed by atoms with Crippen LogP contribution in [0.15, 0.2) is 29.4 Å². The number of amidine groups is 1. The van der Waals surface area contributed by atoms with Crippen LogP contribution in [-0.4, -0.2) is 64.8 Å². The van der Waals surface area contributed by atoms with E-state index in [9.17, 15) is 14.4 Å². The molecule has 1 aliphatic carbocycles. The highest BCUT2D eigenvalue weighted by Gasteiger charge is 2.51. The largest absolute Gasteiger partial charge is 0.462 e. The molecular formula is C23H31N5O4. The van der Waals surface area contributed by atoms with Crippen molar-refractivity contribution in [3.63, 3.8) is 0 Å². The molecule has 3 aliphatic rings. The smallest absolute Gasteiger partial charge is 0.340 e. The number of piperazine rings is 1. The minimum atomic E-state index is -0.546. The van der Waals surface area contributed by atoms with Gasteiger partial charge in [0.15, 0.2) is 6.17 Å². The van der Waals surface area contributed by atoms with Gasteiger partial charge in [0.05, 0.1) is 29.9 Å². The van der Waals surface area contributed by atoms with Crippen LogP contribution in [-0.2, 0) is 14.3 Å². The van der Waals surface area contributed by atoms with Gasteiger partial charge in [-0.1, -0.05) is 31.9 Å². The lowest BCUT2D eigenvalue weighted by Gasteiger charge is -2.51. The Bertz CT molecular complexity index is 917. The average molecular weight is 442 g/mol. The second-order valence-corrected chi connectivity index (χ2v) is 8.42. The molecule has 1 saturated heterocycles. The van der Waals surface area contributed by atoms with Crippen LogP contribution in [0.2, 0.25) is 0 Å². The number of anilines is 1. The third-order valence-electron chi connectivity index (χ3n) is 6.34. The quantitative estimate of drug-likeness (QED) is 0.630. The standard InChI is InChI=1S/C23H31N5O4/c1-3-9-19-25-26-21-22(30)27(17-12-7-8-13-18(17)28(19)21)14-20(29)24-16-11-6-5-10-15(16)23(31)32-4-2/h5-6,10-11,17-18,21,26H,3-4,7-9,12-14H2,1-2H3,(H,24,29). The summed E-state index contributed by atoms with van der Waals surface area (Å²) in [5.41, 5.74) is 3.68. The minimum absolute atomic E-state index is 0.0273. The molecule has 9 heteroatoms. The molecule has 2 aliphatic heterocycles. The number of benzene rings is 1. The number of carbonyl (C=O) groups is 3. The van der Waals surface area contributed by atoms with Crippen LogP contribution >= 0.6 is 0 Å². The summed E-state index contributed by atoms with van der Waals surface area (Å²) < 4.78 is 5.08. The third-order valence-corrected chi connectivity index (χ3v) is 6.34. The molecule has 4 rings (SSSR count). The van der Waals surface area contributed by atoms with Crippen LogP contribution in [0.1, 0.15) is 62.7 Å². The Balaban J connectivity index is 1.50. The number of ether oxygens (including phenoxy) is 1. The molecule has 2 amide bonds. The minimum Gasteiger partial charge on any atom is -0.462 e. The Morgan fingerprint density at radius 2 is 1.94 bits per heavy atom. The fourth-order valence-corrected chi connectivity index (χ4v) is 4.99. The molecule has 0 bridgehead atoms. The maximum Gasteiger partial charge on any atom is 0.340 e. The van der Waals surface area contributed by atoms with Crippen molar-refractivity contribution in [3.05, 3.63) is 29.8 Å². The lowest BCUT2D eigenvalue weighted by molar-refractivity contribution is -0.151. The molecular weight excluding hydrogens is 410 g/mol. The van der Waals surface area contributed by atoms with Crippen LogP contribution < -0.4 is 10.7 Å². The Morgan fingerprint density at radius 3 is 2.69 bits per heavy atom. The van der Waals surface area contributed by atoms with Gasteiger partial charge in [-0.25, -0.2) is 4.79 Å². The first-order valence-corrected chi connectivity index (χ1v) is 11.5. The molecule has 1 saturated carbocycles. The summed E-state index contributed by atoms with van der Waals surface area (Å²) in [6, 6.07) is 6.87. The van der Waals surface area contributed by atoms with E-state index in [0.717, 1.165) is 44.4 Å². The number of hydrogen-bond acceptors (Lipinski definition) is 7. The number of fused-ring (bicyclic) bond motifs is 3. The van der Waals surface area contributed by atoms with Crippen LogP contribution in [0.25, 0.3) is 0 Å². The fraction of sp³-hybridized carbons (Fsp3) is 0.565. The van der Waals surface area contributed by atoms with Gasteiger partial charge in [0.2, 0.25) is 5.91 Å². The highest BCUT2D eigenvalue weighted by atomic mass is 16.5. The van der Waals surface area contributed by atoms with Crippen LogP contribution in [0.5, 0.6) is 0 Å². The molecule has 3 atom stereocenters. The van der Waals surface area contributed by atoms with E-state index in [-0.39, 0.29) is 37.0 Å². The van der Waals surface area contributed by atoms with Crippen molar-refractivity contribution in [2.75, 3.05) is 18.5 Å². The van der Waals surface area contributed by atoms with Gasteiger partial charge < -0.3 is 19.9 Å². The van der Waals surface area contributed by atoms with Crippen LogP contribution in [0.3, 0.4) is 0 Å². The highest BCUT2D eigenvalue weighted by Crippen LogP contribution is 2.35. The number of hydrogen-bond donors (Lipinski definition) is 2. The molecule has 0 aromatic heterocycles. The molecule has 2 heterocycles. The third kappa shape index (κ3) is 4.16. The Kier molecular flexibility index (Phi) is 6.62. The van der Waals surface area contributed by atoms with Crippen molar-refractivity contribution in [2.24, 2.45) is 5.10 Å². The number of amides is 2. The summed E-state index contributed by atoms with van der Waals surface area (Å²) >= 11 is 0. The maximum absolute atomic E-state index is 13.4. The molecule has 172 valence electrons. The van der Waals surface area contributed by atoms with E-state index in [2.05, 4.69) is 27.7 Å². The lowest BCUT2D eigenvalue weighted by atomic mass is 9.85. The van der Waals surface area contributed by atoms with E-state index < -0.39 is 12.1 Å². The molecule has 1 aromatic carbocycles. The Hall–Kier alpha value is -3.10. The monoisotopic (exact) mass is 441 g/mol. The fourth-order valence-electron chi connectivity index (χ4n) is 4.99. The summed E-state index contributed by atoms with van der Waals surface area (Å²) in [5, 5.41) is 7.24. The number of rotatable bonds is 7. The van der Waals surface area contributed by atoms with Crippen molar-refractivity contribution in [3.8, 4) is 0 Å². The number of carbonyl (C=O) groups excluding carboxylic acids is 3. The maximum atomic E-state index is 13.4. The molecule has 0 spiro atoms. The van der Waals surface area contributed by atoms with Crippen molar-refractivity contribution in [2.45, 2.75) is 70.6 Å². The van der Waals surface area contributed by atoms with Crippen molar-refractivity contribution in [1.29, 1.82) is 0 Å². The van der Waals surface area contributed by atoms with E-state index in [1.54, 1.807) is 36.1 Å². The van der Waals surface area contributed by atoms with Crippen molar-refractivity contribution < 1.29 is 19.1 Å². The zero-order valence-electron chi connectivity index (χ0n) is 18.7. The van der Waals surface area contributed by atoms with Gasteiger partial charge in [-0.2, -0.15) is 5.10 Å². The van der Waals surface area contributed by atoms with Gasteiger partial charge in [-0.3, -0.25) is 15.0 Å². The van der Waals surface area contributed by atoms with Gasteiger partial charge in [-0.15, -0.1) is 0 Å².